The Balaban J connectivity index is 1.50. The van der Waals surface area contributed by atoms with E-state index in [9.17, 15) is 13.2 Å². The van der Waals surface area contributed by atoms with E-state index in [-0.39, 0.29) is 11.4 Å². The summed E-state index contributed by atoms with van der Waals surface area (Å²) in [6, 6.07) is 24.5. The molecule has 1 aliphatic heterocycles. The van der Waals surface area contributed by atoms with Crippen molar-refractivity contribution in [2.75, 3.05) is 34.2 Å². The van der Waals surface area contributed by atoms with Crippen molar-refractivity contribution in [1.29, 1.82) is 0 Å². The van der Waals surface area contributed by atoms with Gasteiger partial charge in [-0.05, 0) is 67.8 Å². The molecule has 0 aliphatic carbocycles. The third kappa shape index (κ3) is 5.11. The molecule has 0 atom stereocenters. The molecule has 0 spiro atoms. The number of carbonyl (C=O) groups excluding carboxylic acids is 1. The zero-order valence-corrected chi connectivity index (χ0v) is 18.7. The first-order chi connectivity index (χ1) is 15.5. The number of anilines is 3. The maximum atomic E-state index is 13.3. The van der Waals surface area contributed by atoms with Crippen molar-refractivity contribution in [3.63, 3.8) is 0 Å². The Morgan fingerprint density at radius 3 is 2.03 bits per heavy atom. The number of para-hydroxylation sites is 1. The summed E-state index contributed by atoms with van der Waals surface area (Å²) in [6.45, 7) is 1.78. The highest BCUT2D eigenvalue weighted by Gasteiger charge is 2.27. The van der Waals surface area contributed by atoms with E-state index in [0.717, 1.165) is 23.1 Å². The van der Waals surface area contributed by atoms with Crippen LogP contribution < -0.4 is 14.5 Å². The molecule has 1 fully saturated rings. The molecule has 0 radical (unpaired) electrons. The quantitative estimate of drug-likeness (QED) is 0.576. The molecule has 1 saturated heterocycles. The van der Waals surface area contributed by atoms with Crippen LogP contribution in [0.3, 0.4) is 0 Å². The van der Waals surface area contributed by atoms with Crippen molar-refractivity contribution in [2.24, 2.45) is 0 Å². The minimum absolute atomic E-state index is 0.141. The highest BCUT2D eigenvalue weighted by molar-refractivity contribution is 7.92. The Morgan fingerprint density at radius 2 is 1.41 bits per heavy atom. The monoisotopic (exact) mass is 449 g/mol. The average molecular weight is 450 g/mol. The van der Waals surface area contributed by atoms with Crippen LogP contribution in [-0.4, -0.2) is 34.0 Å². The van der Waals surface area contributed by atoms with E-state index in [4.69, 9.17) is 0 Å². The Morgan fingerprint density at radius 1 is 0.812 bits per heavy atom. The summed E-state index contributed by atoms with van der Waals surface area (Å²) in [5.74, 6) is -0.404. The molecule has 0 bridgehead atoms. The lowest BCUT2D eigenvalue weighted by molar-refractivity contribution is -0.114. The maximum Gasteiger partial charge on any atom is 0.264 e. The van der Waals surface area contributed by atoms with Crippen LogP contribution in [0, 0.1) is 0 Å². The second-order valence-corrected chi connectivity index (χ2v) is 9.67. The number of benzene rings is 3. The molecule has 0 unspecified atom stereocenters. The van der Waals surface area contributed by atoms with Gasteiger partial charge in [-0.15, -0.1) is 0 Å². The van der Waals surface area contributed by atoms with Gasteiger partial charge in [0.2, 0.25) is 5.91 Å². The van der Waals surface area contributed by atoms with E-state index in [1.807, 2.05) is 24.3 Å². The van der Waals surface area contributed by atoms with Crippen molar-refractivity contribution in [2.45, 2.75) is 24.2 Å². The molecule has 7 heteroatoms. The van der Waals surface area contributed by atoms with Crippen LogP contribution in [0.25, 0.3) is 0 Å². The van der Waals surface area contributed by atoms with Crippen molar-refractivity contribution in [1.82, 2.24) is 0 Å². The summed E-state index contributed by atoms with van der Waals surface area (Å²) in [6.07, 6.45) is 3.67. The smallest absolute Gasteiger partial charge is 0.264 e. The third-order valence-corrected chi connectivity index (χ3v) is 7.32. The minimum atomic E-state index is -3.90. The molecule has 1 aliphatic rings. The molecule has 0 saturated carbocycles. The van der Waals surface area contributed by atoms with Crippen LogP contribution in [0.2, 0.25) is 0 Å². The molecule has 0 aromatic heterocycles. The van der Waals surface area contributed by atoms with Crippen LogP contribution in [0.4, 0.5) is 17.1 Å². The fraction of sp³-hybridized carbons (Fsp3) is 0.240. The van der Waals surface area contributed by atoms with Crippen molar-refractivity contribution in [3.05, 3.63) is 84.9 Å². The number of rotatable bonds is 7. The molecule has 1 heterocycles. The molecule has 1 N–H and O–H groups in total. The number of carbonyl (C=O) groups is 1. The number of piperidine rings is 1. The molecule has 3 aromatic carbocycles. The average Bonchev–Trinajstić information content (AvgIpc) is 2.84. The van der Waals surface area contributed by atoms with E-state index in [0.29, 0.717) is 11.4 Å². The molecular formula is C25H27N3O3S. The van der Waals surface area contributed by atoms with Gasteiger partial charge in [0.05, 0.1) is 10.6 Å². The number of hydrogen-bond donors (Lipinski definition) is 1. The summed E-state index contributed by atoms with van der Waals surface area (Å²) in [4.78, 5) is 15.3. The van der Waals surface area contributed by atoms with Crippen LogP contribution in [0.1, 0.15) is 19.3 Å². The number of sulfonamides is 1. The van der Waals surface area contributed by atoms with Crippen molar-refractivity contribution >= 4 is 33.0 Å². The van der Waals surface area contributed by atoms with E-state index >= 15 is 0 Å². The second-order valence-electron chi connectivity index (χ2n) is 7.80. The van der Waals surface area contributed by atoms with Gasteiger partial charge in [0.15, 0.2) is 0 Å². The van der Waals surface area contributed by atoms with Crippen molar-refractivity contribution < 1.29 is 13.2 Å². The highest BCUT2D eigenvalue weighted by Crippen LogP contribution is 2.24. The van der Waals surface area contributed by atoms with Gasteiger partial charge in [0.25, 0.3) is 10.0 Å². The van der Waals surface area contributed by atoms with Crippen LogP contribution in [0.5, 0.6) is 0 Å². The molecule has 166 valence electrons. The van der Waals surface area contributed by atoms with Gasteiger partial charge in [-0.1, -0.05) is 36.4 Å². The first-order valence-electron chi connectivity index (χ1n) is 10.8. The summed E-state index contributed by atoms with van der Waals surface area (Å²) >= 11 is 0. The van der Waals surface area contributed by atoms with Crippen LogP contribution in [-0.2, 0) is 14.8 Å². The predicted octanol–water partition coefficient (Wildman–Crippen LogP) is 4.51. The Labute approximate surface area is 189 Å². The summed E-state index contributed by atoms with van der Waals surface area (Å²) in [5, 5.41) is 2.83. The normalized spacial score (nSPS) is 14.1. The minimum Gasteiger partial charge on any atom is -0.372 e. The molecule has 32 heavy (non-hydrogen) atoms. The molecule has 4 rings (SSSR count). The van der Waals surface area contributed by atoms with Gasteiger partial charge < -0.3 is 10.2 Å². The first kappa shape index (κ1) is 21.9. The van der Waals surface area contributed by atoms with Gasteiger partial charge >= 0.3 is 0 Å². The topological polar surface area (TPSA) is 69.7 Å². The third-order valence-electron chi connectivity index (χ3n) is 5.53. The van der Waals surface area contributed by atoms with Crippen molar-refractivity contribution in [3.8, 4) is 0 Å². The standard InChI is InChI=1S/C25H27N3O3S/c29-25(26-21-14-16-22(17-15-21)27-18-8-3-9-19-27)20-28(23-10-4-1-5-11-23)32(30,31)24-12-6-2-7-13-24/h1-2,4-7,10-17H,3,8-9,18-20H2,(H,26,29). The maximum absolute atomic E-state index is 13.3. The first-order valence-corrected chi connectivity index (χ1v) is 12.3. The van der Waals surface area contributed by atoms with Crippen LogP contribution >= 0.6 is 0 Å². The van der Waals surface area contributed by atoms with E-state index in [2.05, 4.69) is 10.2 Å². The van der Waals surface area contributed by atoms with Gasteiger partial charge in [-0.2, -0.15) is 0 Å². The molecular weight excluding hydrogens is 422 g/mol. The lowest BCUT2D eigenvalue weighted by atomic mass is 10.1. The lowest BCUT2D eigenvalue weighted by Gasteiger charge is -2.29. The largest absolute Gasteiger partial charge is 0.372 e. The Bertz CT molecular complexity index is 1130. The number of nitrogens with zero attached hydrogens (tertiary/aromatic N) is 2. The van der Waals surface area contributed by atoms with Gasteiger partial charge in [-0.25, -0.2) is 8.42 Å². The lowest BCUT2D eigenvalue weighted by Crippen LogP contribution is -2.38. The second kappa shape index (κ2) is 9.87. The number of hydrogen-bond acceptors (Lipinski definition) is 4. The fourth-order valence-electron chi connectivity index (χ4n) is 3.87. The highest BCUT2D eigenvalue weighted by atomic mass is 32.2. The van der Waals surface area contributed by atoms with Gasteiger partial charge in [-0.3, -0.25) is 9.10 Å². The molecule has 1 amide bonds. The summed E-state index contributed by atoms with van der Waals surface area (Å²) in [5.41, 5.74) is 2.22. The fourth-order valence-corrected chi connectivity index (χ4v) is 5.31. The summed E-state index contributed by atoms with van der Waals surface area (Å²) in [7, 11) is -3.90. The predicted molar refractivity (Wildman–Crippen MR) is 129 cm³/mol. The van der Waals surface area contributed by atoms with Gasteiger partial charge in [0.1, 0.15) is 6.54 Å². The molecule has 3 aromatic rings. The van der Waals surface area contributed by atoms with E-state index in [1.165, 1.54) is 31.4 Å². The Kier molecular flexibility index (Phi) is 6.75. The summed E-state index contributed by atoms with van der Waals surface area (Å²) < 4.78 is 27.7. The Hall–Kier alpha value is -3.32. The number of nitrogens with one attached hydrogen (secondary N) is 1. The number of amides is 1. The van der Waals surface area contributed by atoms with Gasteiger partial charge in [0, 0.05) is 24.5 Å². The SMILES string of the molecule is O=C(CN(c1ccccc1)S(=O)(=O)c1ccccc1)Nc1ccc(N2CCCCC2)cc1. The van der Waals surface area contributed by atoms with Crippen LogP contribution in [0.15, 0.2) is 89.8 Å². The zero-order valence-electron chi connectivity index (χ0n) is 17.9. The molecule has 6 nitrogen and oxygen atoms in total. The van der Waals surface area contributed by atoms with E-state index in [1.54, 1.807) is 48.5 Å². The zero-order chi connectivity index (χ0) is 22.4. The van der Waals surface area contributed by atoms with E-state index < -0.39 is 15.9 Å².